The molecule has 3 atom stereocenters. The minimum Gasteiger partial charge on any atom is -0.377 e. The Morgan fingerprint density at radius 2 is 1.75 bits per heavy atom. The molecule has 0 saturated carbocycles. The monoisotopic (exact) mass is 276 g/mol. The highest BCUT2D eigenvalue weighted by molar-refractivity contribution is 5.30. The topological polar surface area (TPSA) is 33.7 Å². The number of methoxy groups -OCH3 is 2. The molecule has 3 rings (SSSR count). The maximum atomic E-state index is 5.50. The van der Waals surface area contributed by atoms with Gasteiger partial charge in [0.2, 0.25) is 0 Å². The molecule has 0 spiro atoms. The van der Waals surface area contributed by atoms with Crippen LogP contribution in [-0.2, 0) is 22.4 Å². The fourth-order valence-electron chi connectivity index (χ4n) is 3.38. The molecule has 1 aromatic carbocycles. The molecule has 2 aliphatic rings. The third-order valence-corrected chi connectivity index (χ3v) is 4.54. The fourth-order valence-corrected chi connectivity index (χ4v) is 3.38. The van der Waals surface area contributed by atoms with Crippen molar-refractivity contribution in [2.75, 3.05) is 33.9 Å². The van der Waals surface area contributed by atoms with E-state index in [1.54, 1.807) is 14.2 Å². The Morgan fingerprint density at radius 1 is 1.10 bits per heavy atom. The lowest BCUT2D eigenvalue weighted by atomic mass is 9.96. The molecule has 0 radical (unpaired) electrons. The average Bonchev–Trinajstić information content (AvgIpc) is 2.89. The average molecular weight is 276 g/mol. The molecule has 4 nitrogen and oxygen atoms in total. The number of hydrogen-bond acceptors (Lipinski definition) is 4. The van der Waals surface area contributed by atoms with Crippen LogP contribution in [0.4, 0.5) is 0 Å². The van der Waals surface area contributed by atoms with Gasteiger partial charge in [-0.05, 0) is 17.5 Å². The van der Waals surface area contributed by atoms with Gasteiger partial charge in [0.25, 0.3) is 0 Å². The van der Waals surface area contributed by atoms with Crippen molar-refractivity contribution in [3.05, 3.63) is 35.4 Å². The molecule has 1 fully saturated rings. The van der Waals surface area contributed by atoms with Crippen molar-refractivity contribution in [3.8, 4) is 0 Å². The summed E-state index contributed by atoms with van der Waals surface area (Å²) in [7, 11) is 3.55. The van der Waals surface area contributed by atoms with E-state index in [0.717, 1.165) is 32.6 Å². The predicted molar refractivity (Wildman–Crippen MR) is 78.8 cm³/mol. The molecular weight excluding hydrogens is 252 g/mol. The number of hydrogen-bond donors (Lipinski definition) is 1. The third-order valence-electron chi connectivity index (χ3n) is 4.54. The minimum atomic E-state index is 0.205. The number of nitrogens with zero attached hydrogens (tertiary/aromatic N) is 1. The van der Waals surface area contributed by atoms with Gasteiger partial charge >= 0.3 is 0 Å². The second-order valence-corrected chi connectivity index (χ2v) is 5.82. The summed E-state index contributed by atoms with van der Waals surface area (Å²) in [5.41, 5.74) is 2.93. The molecule has 20 heavy (non-hydrogen) atoms. The highest BCUT2D eigenvalue weighted by Gasteiger charge is 2.34. The molecule has 1 N–H and O–H groups in total. The maximum absolute atomic E-state index is 5.50. The molecule has 1 aromatic rings. The lowest BCUT2D eigenvalue weighted by Crippen LogP contribution is -2.44. The van der Waals surface area contributed by atoms with E-state index in [9.17, 15) is 0 Å². The maximum Gasteiger partial charge on any atom is 0.0971 e. The number of ether oxygens (including phenoxy) is 2. The largest absolute Gasteiger partial charge is 0.377 e. The first-order chi connectivity index (χ1) is 9.80. The summed E-state index contributed by atoms with van der Waals surface area (Å²) in [6.07, 6.45) is 1.52. The Morgan fingerprint density at radius 3 is 2.40 bits per heavy atom. The molecule has 3 unspecified atom stereocenters. The van der Waals surface area contributed by atoms with Gasteiger partial charge in [0.15, 0.2) is 0 Å². The van der Waals surface area contributed by atoms with Crippen molar-refractivity contribution in [1.29, 1.82) is 0 Å². The van der Waals surface area contributed by atoms with Crippen molar-refractivity contribution in [1.82, 2.24) is 10.2 Å². The first-order valence-electron chi connectivity index (χ1n) is 7.38. The number of nitrogens with one attached hydrogen (secondary N) is 1. The van der Waals surface area contributed by atoms with Crippen LogP contribution in [0.1, 0.15) is 11.1 Å². The molecule has 2 aliphatic heterocycles. The zero-order valence-electron chi connectivity index (χ0n) is 12.3. The molecule has 0 aliphatic carbocycles. The van der Waals surface area contributed by atoms with Gasteiger partial charge in [-0.15, -0.1) is 0 Å². The van der Waals surface area contributed by atoms with E-state index in [0.29, 0.717) is 6.04 Å². The molecule has 4 heteroatoms. The van der Waals surface area contributed by atoms with Crippen molar-refractivity contribution in [3.63, 3.8) is 0 Å². The van der Waals surface area contributed by atoms with Crippen LogP contribution >= 0.6 is 0 Å². The summed E-state index contributed by atoms with van der Waals surface area (Å²) in [5, 5.41) is 3.64. The minimum absolute atomic E-state index is 0.205. The molecule has 0 bridgehead atoms. The Balaban J connectivity index is 1.58. The van der Waals surface area contributed by atoms with E-state index in [1.807, 2.05) is 0 Å². The smallest absolute Gasteiger partial charge is 0.0971 e. The zero-order chi connectivity index (χ0) is 13.9. The fraction of sp³-hybridized carbons (Fsp3) is 0.625. The van der Waals surface area contributed by atoms with Crippen LogP contribution in [0.25, 0.3) is 0 Å². The number of likely N-dealkylation sites (tertiary alicyclic amines) is 1. The van der Waals surface area contributed by atoms with E-state index in [1.165, 1.54) is 11.1 Å². The Kier molecular flexibility index (Phi) is 4.36. The quantitative estimate of drug-likeness (QED) is 0.891. The summed E-state index contributed by atoms with van der Waals surface area (Å²) in [6.45, 7) is 3.98. The molecular formula is C16H24N2O2. The second kappa shape index (κ2) is 6.22. The van der Waals surface area contributed by atoms with Gasteiger partial charge in [-0.25, -0.2) is 0 Å². The summed E-state index contributed by atoms with van der Waals surface area (Å²) in [6, 6.07) is 9.25. The van der Waals surface area contributed by atoms with Gasteiger partial charge in [-0.1, -0.05) is 24.3 Å². The Labute approximate surface area is 121 Å². The summed E-state index contributed by atoms with van der Waals surface area (Å²) < 4.78 is 11.0. The number of rotatable bonds is 4. The molecule has 1 saturated heterocycles. The van der Waals surface area contributed by atoms with E-state index < -0.39 is 0 Å². The lowest BCUT2D eigenvalue weighted by molar-refractivity contribution is -0.00461. The molecule has 2 heterocycles. The summed E-state index contributed by atoms with van der Waals surface area (Å²) >= 11 is 0. The number of fused-ring (bicyclic) bond motifs is 1. The van der Waals surface area contributed by atoms with E-state index in [-0.39, 0.29) is 12.2 Å². The lowest BCUT2D eigenvalue weighted by Gasteiger charge is -2.29. The van der Waals surface area contributed by atoms with E-state index in [2.05, 4.69) is 34.5 Å². The van der Waals surface area contributed by atoms with Gasteiger partial charge < -0.3 is 14.8 Å². The third kappa shape index (κ3) is 2.88. The number of benzene rings is 1. The summed E-state index contributed by atoms with van der Waals surface area (Å²) in [4.78, 5) is 2.45. The first kappa shape index (κ1) is 14.0. The van der Waals surface area contributed by atoms with E-state index >= 15 is 0 Å². The first-order valence-corrected chi connectivity index (χ1v) is 7.38. The summed E-state index contributed by atoms with van der Waals surface area (Å²) in [5.74, 6) is 0. The predicted octanol–water partition coefficient (Wildman–Crippen LogP) is 1.05. The van der Waals surface area contributed by atoms with Crippen LogP contribution in [0, 0.1) is 0 Å². The van der Waals surface area contributed by atoms with Gasteiger partial charge in [0.1, 0.15) is 0 Å². The Hall–Kier alpha value is -0.940. The van der Waals surface area contributed by atoms with Crippen molar-refractivity contribution < 1.29 is 9.47 Å². The van der Waals surface area contributed by atoms with Crippen molar-refractivity contribution in [2.24, 2.45) is 0 Å². The van der Waals surface area contributed by atoms with Crippen LogP contribution in [-0.4, -0.2) is 57.0 Å². The van der Waals surface area contributed by atoms with Gasteiger partial charge in [-0.2, -0.15) is 0 Å². The highest BCUT2D eigenvalue weighted by atomic mass is 16.5. The van der Waals surface area contributed by atoms with Gasteiger partial charge in [0.05, 0.1) is 12.2 Å². The van der Waals surface area contributed by atoms with Crippen LogP contribution in [0.5, 0.6) is 0 Å². The van der Waals surface area contributed by atoms with Crippen molar-refractivity contribution in [2.45, 2.75) is 31.2 Å². The van der Waals surface area contributed by atoms with Crippen LogP contribution in [0.3, 0.4) is 0 Å². The van der Waals surface area contributed by atoms with E-state index in [4.69, 9.17) is 9.47 Å². The zero-order valence-corrected chi connectivity index (χ0v) is 12.3. The normalized spacial score (nSPS) is 30.4. The Bertz CT molecular complexity index is 440. The van der Waals surface area contributed by atoms with Crippen LogP contribution < -0.4 is 5.32 Å². The van der Waals surface area contributed by atoms with Crippen molar-refractivity contribution >= 4 is 0 Å². The molecule has 0 aromatic heterocycles. The second-order valence-electron chi connectivity index (χ2n) is 5.82. The SMILES string of the molecule is COC1CN(CC2Cc3ccccc3CN2)CC1OC. The van der Waals surface area contributed by atoms with Gasteiger partial charge in [-0.3, -0.25) is 4.90 Å². The highest BCUT2D eigenvalue weighted by Crippen LogP contribution is 2.20. The molecule has 110 valence electrons. The molecule has 0 amide bonds. The van der Waals surface area contributed by atoms with Crippen LogP contribution in [0.2, 0.25) is 0 Å². The van der Waals surface area contributed by atoms with Crippen LogP contribution in [0.15, 0.2) is 24.3 Å². The standard InChI is InChI=1S/C16H24N2O2/c1-19-15-10-18(11-16(15)20-2)9-14-7-12-5-3-4-6-13(12)8-17-14/h3-6,14-17H,7-11H2,1-2H3. The van der Waals surface area contributed by atoms with Gasteiger partial charge in [0, 0.05) is 46.4 Å².